The molecule has 0 aliphatic carbocycles. The maximum atomic E-state index is 11.6. The lowest BCUT2D eigenvalue weighted by atomic mass is 10.1. The van der Waals surface area contributed by atoms with E-state index in [1.165, 1.54) is 22.9 Å². The van der Waals surface area contributed by atoms with Crippen LogP contribution in [0.5, 0.6) is 0 Å². The van der Waals surface area contributed by atoms with E-state index in [0.717, 1.165) is 6.08 Å². The summed E-state index contributed by atoms with van der Waals surface area (Å²) in [6.45, 7) is 9.41. The molecule has 15 nitrogen and oxygen atoms in total. The first kappa shape index (κ1) is 30.9. The molecule has 0 aliphatic rings. The van der Waals surface area contributed by atoms with Crippen molar-refractivity contribution in [1.29, 1.82) is 10.5 Å². The van der Waals surface area contributed by atoms with Crippen LogP contribution in [0, 0.1) is 46.6 Å². The average molecular weight is 572 g/mol. The molecule has 1 amide bonds. The monoisotopic (exact) mass is 571 g/mol. The lowest BCUT2D eigenvalue weighted by Gasteiger charge is -2.18. The Balaban J connectivity index is 2.10. The summed E-state index contributed by atoms with van der Waals surface area (Å²) in [5.41, 5.74) is 1.22. The Labute approximate surface area is 241 Å². The molecule has 216 valence electrons. The number of carbonyl (C=O) groups excluding carboxylic acids is 1. The quantitative estimate of drug-likeness (QED) is 0.0878. The fourth-order valence-electron chi connectivity index (χ4n) is 3.96. The third kappa shape index (κ3) is 6.90. The molecule has 15 heteroatoms. The number of anilines is 2. The van der Waals surface area contributed by atoms with Crippen LogP contribution in [0.2, 0.25) is 0 Å². The van der Waals surface area contributed by atoms with Gasteiger partial charge in [-0.25, -0.2) is 9.67 Å². The summed E-state index contributed by atoms with van der Waals surface area (Å²) in [5.74, 6) is 0.130. The Morgan fingerprint density at radius 1 is 1.21 bits per heavy atom. The number of nitro groups is 1. The molecule has 2 heterocycles. The number of hydrogen-bond donors (Lipinski definition) is 3. The van der Waals surface area contributed by atoms with Crippen molar-refractivity contribution in [3.63, 3.8) is 0 Å². The minimum atomic E-state index is -0.541. The predicted molar refractivity (Wildman–Crippen MR) is 154 cm³/mol. The van der Waals surface area contributed by atoms with Gasteiger partial charge < -0.3 is 20.7 Å². The van der Waals surface area contributed by atoms with Gasteiger partial charge in [-0.15, -0.1) is 15.3 Å². The second-order valence-corrected chi connectivity index (χ2v) is 8.95. The summed E-state index contributed by atoms with van der Waals surface area (Å²) in [7, 11) is 1.56. The zero-order valence-electron chi connectivity index (χ0n) is 23.5. The van der Waals surface area contributed by atoms with E-state index < -0.39 is 4.92 Å². The average Bonchev–Trinajstić information content (AvgIpc) is 3.29. The molecule has 0 radical (unpaired) electrons. The van der Waals surface area contributed by atoms with Gasteiger partial charge in [0, 0.05) is 37.9 Å². The normalized spacial score (nSPS) is 11.4. The van der Waals surface area contributed by atoms with E-state index in [1.807, 2.05) is 13.0 Å². The molecule has 3 aromatic rings. The Morgan fingerprint density at radius 3 is 2.57 bits per heavy atom. The largest absolute Gasteiger partial charge is 0.383 e. The molecular weight excluding hydrogens is 542 g/mol. The smallest absolute Gasteiger partial charge is 0.294 e. The lowest BCUT2D eigenvalue weighted by Crippen LogP contribution is -2.27. The fraction of sp³-hybridized carbons (Fsp3) is 0.296. The van der Waals surface area contributed by atoms with Gasteiger partial charge in [0.25, 0.3) is 5.69 Å². The summed E-state index contributed by atoms with van der Waals surface area (Å²) < 4.78 is 6.44. The molecule has 0 bridgehead atoms. The van der Waals surface area contributed by atoms with Crippen LogP contribution < -0.4 is 16.0 Å². The van der Waals surface area contributed by atoms with Crippen molar-refractivity contribution >= 4 is 34.7 Å². The number of methoxy groups -OCH3 is 1. The van der Waals surface area contributed by atoms with Gasteiger partial charge in [0.05, 0.1) is 22.8 Å². The van der Waals surface area contributed by atoms with E-state index in [9.17, 15) is 25.4 Å². The molecule has 1 atom stereocenters. The number of carbonyl (C=O) groups is 1. The van der Waals surface area contributed by atoms with Crippen LogP contribution in [0.3, 0.4) is 0 Å². The van der Waals surface area contributed by atoms with Gasteiger partial charge in [0.1, 0.15) is 34.9 Å². The minimum Gasteiger partial charge on any atom is -0.383 e. The Morgan fingerprint density at radius 2 is 1.93 bits per heavy atom. The summed E-state index contributed by atoms with van der Waals surface area (Å²) in [4.78, 5) is 27.1. The number of nitro benzene ring substituents is 1. The van der Waals surface area contributed by atoms with Crippen LogP contribution in [0.25, 0.3) is 5.69 Å². The van der Waals surface area contributed by atoms with E-state index in [1.54, 1.807) is 27.0 Å². The van der Waals surface area contributed by atoms with Crippen LogP contribution in [0.1, 0.15) is 29.3 Å². The zero-order chi connectivity index (χ0) is 30.8. The van der Waals surface area contributed by atoms with Crippen molar-refractivity contribution in [3.8, 4) is 17.8 Å². The number of pyridine rings is 1. The number of para-hydroxylation sites is 2. The summed E-state index contributed by atoms with van der Waals surface area (Å²) in [6, 6.07) is 9.99. The molecule has 0 saturated heterocycles. The number of ether oxygens (including phenoxy) is 1. The minimum absolute atomic E-state index is 0.0661. The van der Waals surface area contributed by atoms with Crippen molar-refractivity contribution in [2.75, 3.05) is 37.4 Å². The standard InChI is InChI=1S/C27H29N11O4/c1-6-23(39)30-11-12-31-27-24(17(3)19(13-28)25(33-27)32-16(2)15-42-5)34-35-26-20(14-29)18(4)37(36-26)21-9-7-8-10-22(21)38(40)41/h6-10,16H,1,11-12,15H2,2-5H3,(H,30,39)(H2,31,32,33). The van der Waals surface area contributed by atoms with Crippen LogP contribution in [-0.4, -0.2) is 58.4 Å². The molecule has 3 N–H and O–H groups in total. The first-order valence-electron chi connectivity index (χ1n) is 12.7. The van der Waals surface area contributed by atoms with Gasteiger partial charge in [-0.3, -0.25) is 14.9 Å². The number of rotatable bonds is 13. The highest BCUT2D eigenvalue weighted by Crippen LogP contribution is 2.36. The first-order chi connectivity index (χ1) is 20.2. The van der Waals surface area contributed by atoms with Crippen molar-refractivity contribution in [2.24, 2.45) is 10.2 Å². The molecule has 0 spiro atoms. The van der Waals surface area contributed by atoms with Gasteiger partial charge in [0.2, 0.25) is 11.7 Å². The maximum Gasteiger partial charge on any atom is 0.294 e. The molecule has 0 aliphatic heterocycles. The van der Waals surface area contributed by atoms with Gasteiger partial charge >= 0.3 is 0 Å². The number of amides is 1. The predicted octanol–water partition coefficient (Wildman–Crippen LogP) is 4.11. The summed E-state index contributed by atoms with van der Waals surface area (Å²) in [6.07, 6.45) is 1.15. The first-order valence-corrected chi connectivity index (χ1v) is 12.7. The number of azo groups is 1. The molecule has 2 aromatic heterocycles. The van der Waals surface area contributed by atoms with Gasteiger partial charge in [-0.05, 0) is 32.9 Å². The Hall–Kier alpha value is -5.67. The third-order valence-corrected chi connectivity index (χ3v) is 5.99. The number of nitrogens with one attached hydrogen (secondary N) is 3. The van der Waals surface area contributed by atoms with Crippen molar-refractivity contribution < 1.29 is 14.5 Å². The van der Waals surface area contributed by atoms with Gasteiger partial charge in [-0.2, -0.15) is 10.5 Å². The number of nitriles is 2. The molecule has 1 unspecified atom stereocenters. The fourth-order valence-corrected chi connectivity index (χ4v) is 3.96. The Bertz CT molecular complexity index is 1620. The van der Waals surface area contributed by atoms with Gasteiger partial charge in [-0.1, -0.05) is 18.7 Å². The number of hydrogen-bond acceptors (Lipinski definition) is 12. The number of nitrogens with zero attached hydrogens (tertiary/aromatic N) is 8. The Kier molecular flexibility index (Phi) is 10.4. The zero-order valence-corrected chi connectivity index (χ0v) is 23.5. The van der Waals surface area contributed by atoms with Crippen molar-refractivity contribution in [1.82, 2.24) is 20.1 Å². The van der Waals surface area contributed by atoms with Crippen LogP contribution in [0.15, 0.2) is 47.1 Å². The second-order valence-electron chi connectivity index (χ2n) is 8.95. The van der Waals surface area contributed by atoms with Crippen LogP contribution in [-0.2, 0) is 9.53 Å². The molecule has 42 heavy (non-hydrogen) atoms. The van der Waals surface area contributed by atoms with Gasteiger partial charge in [0.15, 0.2) is 5.82 Å². The highest BCUT2D eigenvalue weighted by atomic mass is 16.6. The molecule has 1 aromatic carbocycles. The number of benzene rings is 1. The second kappa shape index (κ2) is 14.1. The van der Waals surface area contributed by atoms with Crippen LogP contribution in [0.4, 0.5) is 28.8 Å². The molecule has 0 fully saturated rings. The molecular formula is C27H29N11O4. The van der Waals surface area contributed by atoms with Crippen LogP contribution >= 0.6 is 0 Å². The van der Waals surface area contributed by atoms with E-state index in [2.05, 4.69) is 48.9 Å². The highest BCUT2D eigenvalue weighted by Gasteiger charge is 2.23. The SMILES string of the molecule is C=CC(=O)NCCNc1nc(NC(C)COC)c(C#N)c(C)c1N=Nc1nn(-c2ccccc2[N+](=O)[O-])c(C)c1C#N. The summed E-state index contributed by atoms with van der Waals surface area (Å²) in [5, 5.41) is 53.1. The van der Waals surface area contributed by atoms with E-state index >= 15 is 0 Å². The van der Waals surface area contributed by atoms with E-state index in [4.69, 9.17) is 4.74 Å². The van der Waals surface area contributed by atoms with E-state index in [0.29, 0.717) is 23.7 Å². The molecule has 3 rings (SSSR count). The maximum absolute atomic E-state index is 11.6. The van der Waals surface area contributed by atoms with E-state index in [-0.39, 0.29) is 64.9 Å². The molecule has 0 saturated carbocycles. The third-order valence-electron chi connectivity index (χ3n) is 5.99. The highest BCUT2D eigenvalue weighted by molar-refractivity contribution is 5.86. The lowest BCUT2D eigenvalue weighted by molar-refractivity contribution is -0.384. The van der Waals surface area contributed by atoms with Crippen molar-refractivity contribution in [2.45, 2.75) is 26.8 Å². The summed E-state index contributed by atoms with van der Waals surface area (Å²) >= 11 is 0. The topological polar surface area (TPSA) is 209 Å². The number of aromatic nitrogens is 3. The van der Waals surface area contributed by atoms with Crippen molar-refractivity contribution in [3.05, 3.63) is 69.4 Å².